The molecular weight excluding hydrogens is 364 g/mol. The summed E-state index contributed by atoms with van der Waals surface area (Å²) in [5.74, 6) is 1.75. The Labute approximate surface area is 190 Å². The summed E-state index contributed by atoms with van der Waals surface area (Å²) < 4.78 is 0. The Morgan fingerprint density at radius 3 is 1.27 bits per heavy atom. The first-order chi connectivity index (χ1) is 14.4. The highest BCUT2D eigenvalue weighted by atomic mass is 16.1. The van der Waals surface area contributed by atoms with Crippen molar-refractivity contribution < 1.29 is 4.79 Å². The predicted molar refractivity (Wildman–Crippen MR) is 136 cm³/mol. The van der Waals surface area contributed by atoms with Crippen molar-refractivity contribution >= 4 is 5.78 Å². The summed E-state index contributed by atoms with van der Waals surface area (Å²) in [6.45, 7) is 13.7. The summed E-state index contributed by atoms with van der Waals surface area (Å²) in [5, 5.41) is 0. The van der Waals surface area contributed by atoms with Crippen molar-refractivity contribution in [3.8, 4) is 0 Å². The zero-order valence-electron chi connectivity index (χ0n) is 21.5. The van der Waals surface area contributed by atoms with Crippen LogP contribution in [-0.4, -0.2) is 5.78 Å². The van der Waals surface area contributed by atoms with Crippen molar-refractivity contribution in [2.75, 3.05) is 0 Å². The number of carbonyl (C=O) groups excluding carboxylic acids is 1. The van der Waals surface area contributed by atoms with Gasteiger partial charge in [0, 0.05) is 0 Å². The molecule has 0 rings (SSSR count). The van der Waals surface area contributed by atoms with Crippen LogP contribution < -0.4 is 0 Å². The van der Waals surface area contributed by atoms with Gasteiger partial charge in [-0.25, -0.2) is 0 Å². The Kier molecular flexibility index (Phi) is 19.5. The highest BCUT2D eigenvalue weighted by Crippen LogP contribution is 2.21. The van der Waals surface area contributed by atoms with E-state index in [2.05, 4.69) is 41.5 Å². The third-order valence-corrected chi connectivity index (χ3v) is 5.95. The van der Waals surface area contributed by atoms with Gasteiger partial charge in [-0.2, -0.15) is 0 Å². The van der Waals surface area contributed by atoms with E-state index in [-0.39, 0.29) is 5.78 Å². The minimum atomic E-state index is 0.250. The molecule has 0 aliphatic heterocycles. The lowest BCUT2D eigenvalue weighted by Crippen LogP contribution is -1.98. The second-order valence-corrected chi connectivity index (χ2v) is 10.2. The zero-order valence-corrected chi connectivity index (χ0v) is 21.5. The van der Waals surface area contributed by atoms with Crippen LogP contribution >= 0.6 is 0 Å². The number of allylic oxidation sites excluding steroid dienone is 4. The van der Waals surface area contributed by atoms with E-state index in [0.717, 1.165) is 37.5 Å². The van der Waals surface area contributed by atoms with Crippen molar-refractivity contribution in [2.45, 2.75) is 144 Å². The predicted octanol–water partition coefficient (Wildman–Crippen LogP) is 10.0. The molecule has 176 valence electrons. The summed E-state index contributed by atoms with van der Waals surface area (Å²) in [6, 6.07) is 0. The van der Waals surface area contributed by atoms with Crippen LogP contribution in [0.2, 0.25) is 0 Å². The molecule has 0 amide bonds. The number of rotatable bonds is 20. The van der Waals surface area contributed by atoms with Gasteiger partial charge >= 0.3 is 0 Å². The summed E-state index contributed by atoms with van der Waals surface area (Å²) in [5.41, 5.74) is 2.78. The molecule has 0 radical (unpaired) electrons. The molecule has 0 aromatic carbocycles. The number of unbranched alkanes of at least 4 members (excludes halogenated alkanes) is 6. The van der Waals surface area contributed by atoms with Crippen LogP contribution in [0, 0.1) is 11.8 Å². The van der Waals surface area contributed by atoms with E-state index < -0.39 is 0 Å². The minimum absolute atomic E-state index is 0.250. The molecule has 0 aliphatic rings. The van der Waals surface area contributed by atoms with Crippen molar-refractivity contribution in [1.29, 1.82) is 0 Å². The van der Waals surface area contributed by atoms with E-state index in [1.165, 1.54) is 88.2 Å². The first kappa shape index (κ1) is 29.1. The molecular formula is C29H54O. The largest absolute Gasteiger partial charge is 0.290 e. The summed E-state index contributed by atoms with van der Waals surface area (Å²) >= 11 is 0. The SMILES string of the molecule is CCCCCCC(=CC(=O)C=C(CCCCCC)CCCC(C)C)CCCC(C)C. The summed E-state index contributed by atoms with van der Waals surface area (Å²) in [7, 11) is 0. The number of hydrogen-bond acceptors (Lipinski definition) is 1. The molecule has 0 fully saturated rings. The lowest BCUT2D eigenvalue weighted by molar-refractivity contribution is -0.110. The summed E-state index contributed by atoms with van der Waals surface area (Å²) in [4.78, 5) is 12.9. The Morgan fingerprint density at radius 1 is 0.567 bits per heavy atom. The van der Waals surface area contributed by atoms with Crippen molar-refractivity contribution in [3.63, 3.8) is 0 Å². The van der Waals surface area contributed by atoms with Crippen LogP contribution in [0.3, 0.4) is 0 Å². The van der Waals surface area contributed by atoms with Gasteiger partial charge in [-0.1, -0.05) is 104 Å². The van der Waals surface area contributed by atoms with E-state index in [0.29, 0.717) is 0 Å². The number of hydrogen-bond donors (Lipinski definition) is 0. The average Bonchev–Trinajstić information content (AvgIpc) is 2.67. The minimum Gasteiger partial charge on any atom is -0.290 e. The molecule has 0 aliphatic carbocycles. The monoisotopic (exact) mass is 418 g/mol. The highest BCUT2D eigenvalue weighted by molar-refractivity contribution is 6.00. The standard InChI is InChI=1S/C29H54O/c1-7-9-11-13-19-27(21-15-17-25(3)4)23-29(30)24-28(20-14-12-10-8-2)22-16-18-26(5)6/h23-26H,7-22H2,1-6H3. The zero-order chi connectivity index (χ0) is 22.6. The fourth-order valence-electron chi connectivity index (χ4n) is 4.02. The fourth-order valence-corrected chi connectivity index (χ4v) is 4.02. The van der Waals surface area contributed by atoms with Crippen molar-refractivity contribution in [2.24, 2.45) is 11.8 Å². The molecule has 1 nitrogen and oxygen atoms in total. The molecule has 0 unspecified atom stereocenters. The van der Waals surface area contributed by atoms with Gasteiger partial charge in [0.1, 0.15) is 0 Å². The van der Waals surface area contributed by atoms with Crippen molar-refractivity contribution in [3.05, 3.63) is 23.3 Å². The van der Waals surface area contributed by atoms with E-state index in [1.807, 2.05) is 12.2 Å². The molecule has 30 heavy (non-hydrogen) atoms. The highest BCUT2D eigenvalue weighted by Gasteiger charge is 2.06. The third-order valence-electron chi connectivity index (χ3n) is 5.95. The molecule has 0 spiro atoms. The Hall–Kier alpha value is -0.850. The van der Waals surface area contributed by atoms with E-state index in [1.54, 1.807) is 0 Å². The molecule has 0 atom stereocenters. The molecule has 0 saturated carbocycles. The van der Waals surface area contributed by atoms with Gasteiger partial charge in [-0.3, -0.25) is 4.79 Å². The maximum Gasteiger partial charge on any atom is 0.178 e. The first-order valence-electron chi connectivity index (χ1n) is 13.3. The van der Waals surface area contributed by atoms with Crippen molar-refractivity contribution in [1.82, 2.24) is 0 Å². The van der Waals surface area contributed by atoms with Gasteiger partial charge in [0.25, 0.3) is 0 Å². The fraction of sp³-hybridized carbons (Fsp3) is 0.828. The van der Waals surface area contributed by atoms with Gasteiger partial charge in [0.15, 0.2) is 5.78 Å². The van der Waals surface area contributed by atoms with E-state index in [4.69, 9.17) is 0 Å². The van der Waals surface area contributed by atoms with Gasteiger partial charge in [-0.05, 0) is 75.4 Å². The number of ketones is 1. The smallest absolute Gasteiger partial charge is 0.178 e. The Bertz CT molecular complexity index is 425. The average molecular weight is 419 g/mol. The first-order valence-corrected chi connectivity index (χ1v) is 13.3. The molecule has 0 bridgehead atoms. The molecule has 0 N–H and O–H groups in total. The lowest BCUT2D eigenvalue weighted by atomic mass is 9.95. The van der Waals surface area contributed by atoms with E-state index >= 15 is 0 Å². The van der Waals surface area contributed by atoms with Crippen LogP contribution in [0.1, 0.15) is 144 Å². The van der Waals surface area contributed by atoms with Crippen LogP contribution in [0.5, 0.6) is 0 Å². The summed E-state index contributed by atoms with van der Waals surface area (Å²) in [6.07, 6.45) is 23.6. The van der Waals surface area contributed by atoms with Gasteiger partial charge in [0.2, 0.25) is 0 Å². The second kappa shape index (κ2) is 20.1. The number of carbonyl (C=O) groups is 1. The van der Waals surface area contributed by atoms with Crippen LogP contribution in [-0.2, 0) is 4.79 Å². The third kappa shape index (κ3) is 19.1. The lowest BCUT2D eigenvalue weighted by Gasteiger charge is -2.10. The van der Waals surface area contributed by atoms with Crippen LogP contribution in [0.25, 0.3) is 0 Å². The molecule has 0 saturated heterocycles. The molecule has 0 heterocycles. The Balaban J connectivity index is 4.99. The topological polar surface area (TPSA) is 17.1 Å². The quantitative estimate of drug-likeness (QED) is 0.142. The maximum absolute atomic E-state index is 12.9. The molecule has 1 heteroatoms. The second-order valence-electron chi connectivity index (χ2n) is 10.2. The van der Waals surface area contributed by atoms with Crippen LogP contribution in [0.4, 0.5) is 0 Å². The maximum atomic E-state index is 12.9. The van der Waals surface area contributed by atoms with Gasteiger partial charge in [0.05, 0.1) is 0 Å². The Morgan fingerprint density at radius 2 is 0.933 bits per heavy atom. The van der Waals surface area contributed by atoms with Crippen LogP contribution in [0.15, 0.2) is 23.3 Å². The van der Waals surface area contributed by atoms with Gasteiger partial charge < -0.3 is 0 Å². The molecule has 0 aromatic rings. The molecule has 0 aromatic heterocycles. The van der Waals surface area contributed by atoms with Gasteiger partial charge in [-0.15, -0.1) is 0 Å². The normalized spacial score (nSPS) is 12.9. The van der Waals surface area contributed by atoms with E-state index in [9.17, 15) is 4.79 Å².